The molecule has 3 heterocycles. The molecule has 5 heteroatoms. The summed E-state index contributed by atoms with van der Waals surface area (Å²) in [7, 11) is 0. The van der Waals surface area contributed by atoms with E-state index >= 15 is 0 Å². The van der Waals surface area contributed by atoms with Crippen molar-refractivity contribution < 1.29 is 9.59 Å². The van der Waals surface area contributed by atoms with Crippen molar-refractivity contribution in [3.8, 4) is 0 Å². The lowest BCUT2D eigenvalue weighted by molar-refractivity contribution is -0.137. The number of hydrogen-bond donors (Lipinski definition) is 0. The van der Waals surface area contributed by atoms with Gasteiger partial charge in [0.15, 0.2) is 0 Å². The van der Waals surface area contributed by atoms with Crippen LogP contribution in [0, 0.1) is 0 Å². The van der Waals surface area contributed by atoms with Crippen molar-refractivity contribution in [2.45, 2.75) is 58.4 Å². The van der Waals surface area contributed by atoms with Crippen LogP contribution >= 0.6 is 11.3 Å². The molecule has 1 aromatic carbocycles. The molecule has 0 radical (unpaired) electrons. The van der Waals surface area contributed by atoms with Gasteiger partial charge < -0.3 is 4.90 Å². The third-order valence-electron chi connectivity index (χ3n) is 6.09. The molecule has 0 aliphatic carbocycles. The van der Waals surface area contributed by atoms with E-state index < -0.39 is 0 Å². The van der Waals surface area contributed by atoms with Crippen molar-refractivity contribution in [1.29, 1.82) is 0 Å². The molecule has 0 bridgehead atoms. The number of fused-ring (bicyclic) bond motifs is 1. The predicted molar refractivity (Wildman–Crippen MR) is 122 cm³/mol. The van der Waals surface area contributed by atoms with E-state index in [2.05, 4.69) is 30.0 Å². The maximum Gasteiger partial charge on any atom is 0.277 e. The molecule has 0 saturated carbocycles. The zero-order valence-corrected chi connectivity index (χ0v) is 18.5. The highest BCUT2D eigenvalue weighted by molar-refractivity contribution is 7.11. The van der Waals surface area contributed by atoms with Gasteiger partial charge in [-0.15, -0.1) is 11.3 Å². The predicted octanol–water partition coefficient (Wildman–Crippen LogP) is 5.25. The van der Waals surface area contributed by atoms with Crippen LogP contribution in [0.25, 0.3) is 5.57 Å². The molecule has 4 nitrogen and oxygen atoms in total. The number of nitrogens with zero attached hydrogens (tertiary/aromatic N) is 2. The van der Waals surface area contributed by atoms with Gasteiger partial charge in [0, 0.05) is 24.5 Å². The summed E-state index contributed by atoms with van der Waals surface area (Å²) in [4.78, 5) is 31.2. The van der Waals surface area contributed by atoms with Crippen molar-refractivity contribution in [3.05, 3.63) is 63.5 Å². The molecule has 1 aromatic heterocycles. The summed E-state index contributed by atoms with van der Waals surface area (Å²) in [6, 6.07) is 12.3. The van der Waals surface area contributed by atoms with Gasteiger partial charge in [0.2, 0.25) is 0 Å². The Balaban J connectivity index is 1.54. The molecular formula is C25H30N2O2S. The van der Waals surface area contributed by atoms with E-state index in [1.54, 1.807) is 0 Å². The fraction of sp³-hybridized carbons (Fsp3) is 0.440. The third kappa shape index (κ3) is 4.22. The summed E-state index contributed by atoms with van der Waals surface area (Å²) in [5.74, 6) is -0.235. The van der Waals surface area contributed by atoms with E-state index in [1.165, 1.54) is 53.0 Å². The quantitative estimate of drug-likeness (QED) is 0.409. The number of hydrogen-bond acceptors (Lipinski definition) is 4. The van der Waals surface area contributed by atoms with Crippen LogP contribution in [-0.2, 0) is 22.6 Å². The van der Waals surface area contributed by atoms with Crippen LogP contribution < -0.4 is 0 Å². The first-order valence-corrected chi connectivity index (χ1v) is 12.0. The SMILES string of the molecule is CCCCCCCCN1C(=O)C(c2cccs2)=C(N2CCc3ccccc3C2)C1=O. The van der Waals surface area contributed by atoms with Crippen molar-refractivity contribution in [2.24, 2.45) is 0 Å². The van der Waals surface area contributed by atoms with Gasteiger partial charge in [-0.3, -0.25) is 14.5 Å². The number of carbonyl (C=O) groups is 2. The highest BCUT2D eigenvalue weighted by Crippen LogP contribution is 2.36. The number of imide groups is 1. The minimum absolute atomic E-state index is 0.115. The van der Waals surface area contributed by atoms with E-state index in [9.17, 15) is 9.59 Å². The Bertz CT molecular complexity index is 932. The molecule has 2 amide bonds. The van der Waals surface area contributed by atoms with Gasteiger partial charge in [-0.25, -0.2) is 0 Å². The summed E-state index contributed by atoms with van der Waals surface area (Å²) in [6.45, 7) is 4.18. The molecule has 0 saturated heterocycles. The molecule has 4 rings (SSSR count). The molecule has 158 valence electrons. The van der Waals surface area contributed by atoms with Crippen LogP contribution in [0.4, 0.5) is 0 Å². The Morgan fingerprint density at radius 1 is 0.900 bits per heavy atom. The Morgan fingerprint density at radius 2 is 1.67 bits per heavy atom. The minimum Gasteiger partial charge on any atom is -0.362 e. The van der Waals surface area contributed by atoms with E-state index in [-0.39, 0.29) is 11.8 Å². The number of rotatable bonds is 9. The normalized spacial score (nSPS) is 16.6. The van der Waals surface area contributed by atoms with E-state index in [0.717, 1.165) is 30.7 Å². The molecule has 2 aliphatic heterocycles. The molecule has 0 spiro atoms. The van der Waals surface area contributed by atoms with Gasteiger partial charge >= 0.3 is 0 Å². The fourth-order valence-corrected chi connectivity index (χ4v) is 5.20. The fourth-order valence-electron chi connectivity index (χ4n) is 4.44. The van der Waals surface area contributed by atoms with Gasteiger partial charge in [0.1, 0.15) is 5.70 Å². The standard InChI is InChI=1S/C25H30N2O2S/c1-2-3-4-5-6-9-15-27-24(28)22(21-13-10-17-30-21)23(25(27)29)26-16-14-19-11-7-8-12-20(19)18-26/h7-8,10-13,17H,2-6,9,14-16,18H2,1H3. The summed E-state index contributed by atoms with van der Waals surface area (Å²) in [5, 5.41) is 1.97. The van der Waals surface area contributed by atoms with Gasteiger partial charge in [0.05, 0.1) is 5.57 Å². The molecule has 0 fully saturated rings. The van der Waals surface area contributed by atoms with E-state index in [4.69, 9.17) is 0 Å². The monoisotopic (exact) mass is 422 g/mol. The Hall–Kier alpha value is -2.40. The highest BCUT2D eigenvalue weighted by Gasteiger charge is 2.42. The molecule has 30 heavy (non-hydrogen) atoms. The zero-order chi connectivity index (χ0) is 20.9. The average Bonchev–Trinajstić information content (AvgIpc) is 3.37. The summed E-state index contributed by atoms with van der Waals surface area (Å²) < 4.78 is 0. The Kier molecular flexibility index (Phi) is 6.68. The van der Waals surface area contributed by atoms with Crippen LogP contribution in [0.2, 0.25) is 0 Å². The van der Waals surface area contributed by atoms with Crippen molar-refractivity contribution in [2.75, 3.05) is 13.1 Å². The highest BCUT2D eigenvalue weighted by atomic mass is 32.1. The number of carbonyl (C=O) groups excluding carboxylic acids is 2. The average molecular weight is 423 g/mol. The van der Waals surface area contributed by atoms with E-state index in [0.29, 0.717) is 24.4 Å². The molecule has 0 unspecified atom stereocenters. The van der Waals surface area contributed by atoms with Gasteiger partial charge in [-0.2, -0.15) is 0 Å². The molecule has 0 atom stereocenters. The summed E-state index contributed by atoms with van der Waals surface area (Å²) >= 11 is 1.53. The first-order valence-electron chi connectivity index (χ1n) is 11.2. The van der Waals surface area contributed by atoms with Crippen LogP contribution in [0.1, 0.15) is 61.5 Å². The Morgan fingerprint density at radius 3 is 2.43 bits per heavy atom. The number of amides is 2. The van der Waals surface area contributed by atoms with Crippen LogP contribution in [0.15, 0.2) is 47.5 Å². The second kappa shape index (κ2) is 9.61. The summed E-state index contributed by atoms with van der Waals surface area (Å²) in [5.41, 5.74) is 3.78. The van der Waals surface area contributed by atoms with Gasteiger partial charge in [-0.05, 0) is 35.4 Å². The van der Waals surface area contributed by atoms with E-state index in [1.807, 2.05) is 23.6 Å². The first kappa shape index (κ1) is 20.9. The zero-order valence-electron chi connectivity index (χ0n) is 17.7. The van der Waals surface area contributed by atoms with Crippen LogP contribution in [0.3, 0.4) is 0 Å². The van der Waals surface area contributed by atoms with Crippen LogP contribution in [-0.4, -0.2) is 34.7 Å². The number of benzene rings is 1. The minimum atomic E-state index is -0.120. The van der Waals surface area contributed by atoms with Crippen molar-refractivity contribution in [3.63, 3.8) is 0 Å². The summed E-state index contributed by atoms with van der Waals surface area (Å²) in [6.07, 6.45) is 7.73. The molecule has 0 N–H and O–H groups in total. The second-order valence-corrected chi connectivity index (χ2v) is 9.12. The van der Waals surface area contributed by atoms with Crippen molar-refractivity contribution in [1.82, 2.24) is 9.80 Å². The molecule has 2 aromatic rings. The maximum absolute atomic E-state index is 13.4. The lowest BCUT2D eigenvalue weighted by Gasteiger charge is -2.31. The van der Waals surface area contributed by atoms with Crippen LogP contribution in [0.5, 0.6) is 0 Å². The molecular weight excluding hydrogens is 392 g/mol. The number of unbranched alkanes of at least 4 members (excludes halogenated alkanes) is 5. The molecule has 2 aliphatic rings. The lowest BCUT2D eigenvalue weighted by Crippen LogP contribution is -2.37. The third-order valence-corrected chi connectivity index (χ3v) is 6.98. The van der Waals surface area contributed by atoms with Gasteiger partial charge in [-0.1, -0.05) is 69.4 Å². The smallest absolute Gasteiger partial charge is 0.277 e. The number of thiophene rings is 1. The second-order valence-electron chi connectivity index (χ2n) is 8.17. The maximum atomic E-state index is 13.4. The lowest BCUT2D eigenvalue weighted by atomic mass is 9.99. The van der Waals surface area contributed by atoms with Gasteiger partial charge in [0.25, 0.3) is 11.8 Å². The topological polar surface area (TPSA) is 40.6 Å². The Labute approximate surface area is 183 Å². The van der Waals surface area contributed by atoms with Crippen molar-refractivity contribution >= 4 is 28.7 Å². The first-order chi connectivity index (χ1) is 14.7. The largest absolute Gasteiger partial charge is 0.362 e.